The van der Waals surface area contributed by atoms with Crippen molar-refractivity contribution in [3.05, 3.63) is 64.0 Å². The maximum absolute atomic E-state index is 12.6. The van der Waals surface area contributed by atoms with E-state index in [1.54, 1.807) is 6.20 Å². The van der Waals surface area contributed by atoms with Crippen LogP contribution in [0.2, 0.25) is 0 Å². The number of aromatic nitrogens is 2. The number of nitrogens with one attached hydrogen (secondary N) is 1. The van der Waals surface area contributed by atoms with Crippen molar-refractivity contribution in [1.29, 1.82) is 0 Å². The fraction of sp³-hybridized carbons (Fsp3) is 0.263. The van der Waals surface area contributed by atoms with Gasteiger partial charge in [-0.3, -0.25) is 9.48 Å². The van der Waals surface area contributed by atoms with E-state index in [1.165, 1.54) is 16.9 Å². The second-order valence-electron chi connectivity index (χ2n) is 6.01. The smallest absolute Gasteiger partial charge is 0.261 e. The third kappa shape index (κ3) is 3.41. The van der Waals surface area contributed by atoms with Crippen LogP contribution in [0, 0.1) is 6.92 Å². The minimum atomic E-state index is -0.00523. The first-order valence-electron chi connectivity index (χ1n) is 7.97. The van der Waals surface area contributed by atoms with Gasteiger partial charge in [0.1, 0.15) is 0 Å². The summed E-state index contributed by atoms with van der Waals surface area (Å²) < 4.78 is 1.83. The molecule has 1 atom stereocenters. The van der Waals surface area contributed by atoms with E-state index in [0.717, 1.165) is 28.1 Å². The number of aryl methyl sites for hydroxylation is 1. The summed E-state index contributed by atoms with van der Waals surface area (Å²) in [5.74, 6) is -0.00523. The zero-order chi connectivity index (χ0) is 17.1. The summed E-state index contributed by atoms with van der Waals surface area (Å²) in [5, 5.41) is 9.34. The zero-order valence-electron chi connectivity index (χ0n) is 14.1. The Bertz CT molecular complexity index is 835. The summed E-state index contributed by atoms with van der Waals surface area (Å²) in [6.45, 7) is 4.03. The number of thiophene rings is 1. The standard InChI is InChI=1S/C19H21N3OS/c1-13(11-15-7-5-4-6-8-15)21-19(23)18-14(2)16(12-24-18)17-9-10-20-22(17)3/h4-10,12-13H,11H2,1-3H3,(H,21,23). The van der Waals surface area contributed by atoms with Crippen LogP contribution in [-0.2, 0) is 13.5 Å². The van der Waals surface area contributed by atoms with Gasteiger partial charge >= 0.3 is 0 Å². The Morgan fingerprint density at radius 1 is 1.29 bits per heavy atom. The van der Waals surface area contributed by atoms with Gasteiger partial charge in [-0.1, -0.05) is 30.3 Å². The summed E-state index contributed by atoms with van der Waals surface area (Å²) >= 11 is 1.49. The number of hydrogen-bond acceptors (Lipinski definition) is 3. The van der Waals surface area contributed by atoms with E-state index in [0.29, 0.717) is 0 Å². The monoisotopic (exact) mass is 339 g/mol. The van der Waals surface area contributed by atoms with E-state index < -0.39 is 0 Å². The van der Waals surface area contributed by atoms with Crippen LogP contribution < -0.4 is 5.32 Å². The molecule has 124 valence electrons. The second kappa shape index (κ2) is 7.01. The van der Waals surface area contributed by atoms with Crippen molar-refractivity contribution in [1.82, 2.24) is 15.1 Å². The molecule has 0 aliphatic rings. The molecule has 1 N–H and O–H groups in total. The second-order valence-corrected chi connectivity index (χ2v) is 6.89. The Labute approximate surface area is 146 Å². The fourth-order valence-corrected chi connectivity index (χ4v) is 3.83. The highest BCUT2D eigenvalue weighted by atomic mass is 32.1. The van der Waals surface area contributed by atoms with Crippen molar-refractivity contribution in [3.8, 4) is 11.3 Å². The predicted molar refractivity (Wildman–Crippen MR) is 98.3 cm³/mol. The summed E-state index contributed by atoms with van der Waals surface area (Å²) in [7, 11) is 1.91. The highest BCUT2D eigenvalue weighted by Crippen LogP contribution is 2.30. The summed E-state index contributed by atoms with van der Waals surface area (Å²) in [6.07, 6.45) is 2.60. The first-order valence-corrected chi connectivity index (χ1v) is 8.85. The number of rotatable bonds is 5. The van der Waals surface area contributed by atoms with E-state index in [4.69, 9.17) is 0 Å². The minimum Gasteiger partial charge on any atom is -0.349 e. The van der Waals surface area contributed by atoms with Crippen LogP contribution in [0.3, 0.4) is 0 Å². The number of benzene rings is 1. The minimum absolute atomic E-state index is 0.00523. The average Bonchev–Trinajstić information content (AvgIpc) is 3.13. The molecular formula is C19H21N3OS. The van der Waals surface area contributed by atoms with Crippen LogP contribution in [0.1, 0.15) is 27.7 Å². The van der Waals surface area contributed by atoms with Crippen molar-refractivity contribution in [2.24, 2.45) is 7.05 Å². The molecule has 0 fully saturated rings. The normalized spacial score (nSPS) is 12.1. The topological polar surface area (TPSA) is 46.9 Å². The molecule has 0 bridgehead atoms. The molecule has 0 aliphatic heterocycles. The van der Waals surface area contributed by atoms with Crippen LogP contribution >= 0.6 is 11.3 Å². The molecule has 3 rings (SSSR count). The highest BCUT2D eigenvalue weighted by Gasteiger charge is 2.18. The van der Waals surface area contributed by atoms with E-state index in [1.807, 2.05) is 55.2 Å². The molecule has 0 aliphatic carbocycles. The fourth-order valence-electron chi connectivity index (χ4n) is 2.84. The third-order valence-corrected chi connectivity index (χ3v) is 5.19. The number of hydrogen-bond donors (Lipinski definition) is 1. The van der Waals surface area contributed by atoms with Gasteiger partial charge in [-0.2, -0.15) is 5.10 Å². The summed E-state index contributed by atoms with van der Waals surface area (Å²) in [4.78, 5) is 13.4. The van der Waals surface area contributed by atoms with Gasteiger partial charge in [-0.05, 0) is 37.5 Å². The van der Waals surface area contributed by atoms with Crippen molar-refractivity contribution < 1.29 is 4.79 Å². The van der Waals surface area contributed by atoms with Crippen LogP contribution in [0.15, 0.2) is 48.0 Å². The van der Waals surface area contributed by atoms with Gasteiger partial charge < -0.3 is 5.32 Å². The molecule has 4 nitrogen and oxygen atoms in total. The molecule has 1 unspecified atom stereocenters. The van der Waals surface area contributed by atoms with Gasteiger partial charge in [0.2, 0.25) is 0 Å². The Hall–Kier alpha value is -2.40. The Morgan fingerprint density at radius 3 is 2.71 bits per heavy atom. The number of amides is 1. The molecule has 0 saturated heterocycles. The van der Waals surface area contributed by atoms with Crippen molar-refractivity contribution in [3.63, 3.8) is 0 Å². The Balaban J connectivity index is 1.72. The largest absolute Gasteiger partial charge is 0.349 e. The molecular weight excluding hydrogens is 318 g/mol. The van der Waals surface area contributed by atoms with E-state index >= 15 is 0 Å². The van der Waals surface area contributed by atoms with Crippen LogP contribution in [0.5, 0.6) is 0 Å². The number of nitrogens with zero attached hydrogens (tertiary/aromatic N) is 2. The molecule has 0 spiro atoms. The lowest BCUT2D eigenvalue weighted by Crippen LogP contribution is -2.33. The quantitative estimate of drug-likeness (QED) is 0.768. The molecule has 1 amide bonds. The zero-order valence-corrected chi connectivity index (χ0v) is 14.9. The molecule has 3 aromatic rings. The lowest BCUT2D eigenvalue weighted by atomic mass is 10.1. The van der Waals surface area contributed by atoms with Gasteiger partial charge in [0.15, 0.2) is 0 Å². The molecule has 0 saturated carbocycles. The molecule has 1 aromatic carbocycles. The predicted octanol–water partition coefficient (Wildman–Crippen LogP) is 3.82. The van der Waals surface area contributed by atoms with Crippen molar-refractivity contribution >= 4 is 17.2 Å². The Morgan fingerprint density at radius 2 is 2.04 bits per heavy atom. The first kappa shape index (κ1) is 16.5. The molecule has 0 radical (unpaired) electrons. The first-order chi connectivity index (χ1) is 11.6. The summed E-state index contributed by atoms with van der Waals surface area (Å²) in [6, 6.07) is 12.3. The van der Waals surface area contributed by atoms with E-state index in [-0.39, 0.29) is 11.9 Å². The lowest BCUT2D eigenvalue weighted by molar-refractivity contribution is 0.0943. The molecule has 5 heteroatoms. The van der Waals surface area contributed by atoms with Crippen molar-refractivity contribution in [2.45, 2.75) is 26.3 Å². The third-order valence-electron chi connectivity index (χ3n) is 4.10. The van der Waals surface area contributed by atoms with Crippen LogP contribution in [0.25, 0.3) is 11.3 Å². The van der Waals surface area contributed by atoms with Gasteiger partial charge in [-0.25, -0.2) is 0 Å². The highest BCUT2D eigenvalue weighted by molar-refractivity contribution is 7.12. The van der Waals surface area contributed by atoms with Crippen LogP contribution in [-0.4, -0.2) is 21.7 Å². The van der Waals surface area contributed by atoms with Crippen LogP contribution in [0.4, 0.5) is 0 Å². The van der Waals surface area contributed by atoms with Gasteiger partial charge in [0.25, 0.3) is 5.91 Å². The molecule has 2 aromatic heterocycles. The summed E-state index contributed by atoms with van der Waals surface area (Å²) in [5.41, 5.74) is 4.33. The molecule has 24 heavy (non-hydrogen) atoms. The van der Waals surface area contributed by atoms with Gasteiger partial charge in [-0.15, -0.1) is 11.3 Å². The lowest BCUT2D eigenvalue weighted by Gasteiger charge is -2.14. The van der Waals surface area contributed by atoms with Crippen molar-refractivity contribution in [2.75, 3.05) is 0 Å². The maximum Gasteiger partial charge on any atom is 0.261 e. The SMILES string of the molecule is Cc1c(-c2ccnn2C)csc1C(=O)NC(C)Cc1ccccc1. The number of carbonyl (C=O) groups excluding carboxylic acids is 1. The number of carbonyl (C=O) groups is 1. The van der Waals surface area contributed by atoms with E-state index in [2.05, 4.69) is 22.5 Å². The molecule has 2 heterocycles. The van der Waals surface area contributed by atoms with E-state index in [9.17, 15) is 4.79 Å². The van der Waals surface area contributed by atoms with Gasteiger partial charge in [0, 0.05) is 30.2 Å². The average molecular weight is 339 g/mol. The maximum atomic E-state index is 12.6. The van der Waals surface area contributed by atoms with Gasteiger partial charge in [0.05, 0.1) is 10.6 Å². The Kier molecular flexibility index (Phi) is 4.81.